The monoisotopic (exact) mass is 708 g/mol. The first-order valence-electron chi connectivity index (χ1n) is 16.8. The Morgan fingerprint density at radius 1 is 0.623 bits per heavy atom. The summed E-state index contributed by atoms with van der Waals surface area (Å²) >= 11 is 0. The Labute approximate surface area is 322 Å². The molecule has 2 atom stereocenters. The number of ether oxygens (including phenoxy) is 1. The van der Waals surface area contributed by atoms with E-state index in [4.69, 9.17) is 4.74 Å². The van der Waals surface area contributed by atoms with Crippen molar-refractivity contribution in [2.24, 2.45) is 0 Å². The quantitative estimate of drug-likeness (QED) is 0.136. The van der Waals surface area contributed by atoms with Gasteiger partial charge in [-0.25, -0.2) is 0 Å². The van der Waals surface area contributed by atoms with E-state index < -0.39 is 29.0 Å². The molecule has 4 aromatic carbocycles. The second-order valence-corrected chi connectivity index (χ2v) is 13.9. The molecule has 6 aromatic rings. The number of carbonyl (C=O) groups is 2. The van der Waals surface area contributed by atoms with E-state index in [0.717, 1.165) is 66.3 Å². The predicted octanol–water partition coefficient (Wildman–Crippen LogP) is 5.55. The van der Waals surface area contributed by atoms with E-state index in [1.165, 1.54) is 7.11 Å². The van der Waals surface area contributed by atoms with Gasteiger partial charge < -0.3 is 25.5 Å². The average Bonchev–Trinajstić information content (AvgIpc) is 3.13. The molecule has 0 fully saturated rings. The molecule has 9 nitrogen and oxygen atoms in total. The largest absolute Gasteiger partial charge is 1.00 e. The first-order valence-corrected chi connectivity index (χ1v) is 16.8. The molecule has 270 valence electrons. The molecule has 0 radical (unpaired) electrons. The minimum atomic E-state index is -0.966. The third-order valence-corrected chi connectivity index (χ3v) is 9.45. The number of carboxylic acid groups (broad SMARTS) is 1. The van der Waals surface area contributed by atoms with Crippen LogP contribution < -0.4 is 18.9 Å². The summed E-state index contributed by atoms with van der Waals surface area (Å²) in [7, 11) is 1.40. The Morgan fingerprint density at radius 3 is 1.42 bits per heavy atom. The van der Waals surface area contributed by atoms with Crippen molar-refractivity contribution in [2.45, 2.75) is 64.6 Å². The molecule has 0 saturated carbocycles. The van der Waals surface area contributed by atoms with Crippen molar-refractivity contribution in [3.63, 3.8) is 0 Å². The number of aliphatic hydroxyl groups is 2. The Morgan fingerprint density at radius 2 is 1.04 bits per heavy atom. The van der Waals surface area contributed by atoms with Crippen LogP contribution in [0.15, 0.2) is 109 Å². The maximum atomic E-state index is 12.1. The normalized spacial score (nSPS) is 12.4. The van der Waals surface area contributed by atoms with E-state index in [0.29, 0.717) is 0 Å². The van der Waals surface area contributed by atoms with E-state index in [9.17, 15) is 24.9 Å². The van der Waals surface area contributed by atoms with E-state index in [1.54, 1.807) is 33.9 Å². The van der Waals surface area contributed by atoms with Crippen LogP contribution in [0, 0.1) is 0 Å². The Kier molecular flexibility index (Phi) is 13.9. The number of methoxy groups -OCH3 is 1. The molecule has 0 aliphatic carbocycles. The molecule has 53 heavy (non-hydrogen) atoms. The number of aromatic nitrogens is 2. The maximum absolute atomic E-state index is 12.1. The van der Waals surface area contributed by atoms with Crippen LogP contribution in [0.2, 0.25) is 0 Å². The number of esters is 1. The molecule has 0 bridgehead atoms. The van der Waals surface area contributed by atoms with Gasteiger partial charge >= 0.3 is 30.8 Å². The van der Waals surface area contributed by atoms with E-state index >= 15 is 0 Å². The number of carboxylic acids is 1. The van der Waals surface area contributed by atoms with Gasteiger partial charge in [0.25, 0.3) is 0 Å². The van der Waals surface area contributed by atoms with Crippen LogP contribution in [0.4, 0.5) is 0 Å². The number of fused-ring (bicyclic) bond motifs is 2. The van der Waals surface area contributed by atoms with Crippen molar-refractivity contribution in [1.29, 1.82) is 0 Å². The van der Waals surface area contributed by atoms with Crippen LogP contribution in [0.3, 0.4) is 0 Å². The van der Waals surface area contributed by atoms with Gasteiger partial charge in [0.15, 0.2) is 0 Å². The van der Waals surface area contributed by atoms with Crippen LogP contribution in [-0.2, 0) is 25.2 Å². The predicted molar refractivity (Wildman–Crippen MR) is 203 cm³/mol. The topological polar surface area (TPSA) is 160 Å². The number of aliphatic hydroxyl groups excluding tert-OH is 2. The molecular formula is C43H45LiN2O7. The number of hydrogen-bond donors (Lipinski definition) is 3. The molecular weight excluding hydrogens is 663 g/mol. The smallest absolute Gasteiger partial charge is 0.870 e. The summed E-state index contributed by atoms with van der Waals surface area (Å²) in [4.78, 5) is 32.7. The van der Waals surface area contributed by atoms with Crippen LogP contribution in [0.5, 0.6) is 0 Å². The number of carbonyl (C=O) groups excluding carboxylic acids is 1. The van der Waals surface area contributed by atoms with Crippen molar-refractivity contribution < 1.29 is 54.0 Å². The zero-order valence-corrected chi connectivity index (χ0v) is 31.5. The molecule has 4 N–H and O–H groups in total. The molecule has 0 aliphatic heterocycles. The van der Waals surface area contributed by atoms with Gasteiger partial charge in [0.05, 0.1) is 41.5 Å². The zero-order chi connectivity index (χ0) is 37.1. The van der Waals surface area contributed by atoms with Crippen molar-refractivity contribution in [2.75, 3.05) is 7.11 Å². The number of nitrogens with zero attached hydrogens (tertiary/aromatic N) is 2. The van der Waals surface area contributed by atoms with Gasteiger partial charge in [-0.2, -0.15) is 0 Å². The summed E-state index contributed by atoms with van der Waals surface area (Å²) in [6.45, 7) is 10.6. The molecule has 2 heterocycles. The Hall–Kier alpha value is -4.88. The number of rotatable bonds is 8. The fourth-order valence-corrected chi connectivity index (χ4v) is 5.79. The minimum Gasteiger partial charge on any atom is -0.870 e. The van der Waals surface area contributed by atoms with Crippen molar-refractivity contribution >= 4 is 33.5 Å². The molecule has 0 amide bonds. The molecule has 0 unspecified atom stereocenters. The third-order valence-electron chi connectivity index (χ3n) is 9.45. The fourth-order valence-electron chi connectivity index (χ4n) is 5.79. The van der Waals surface area contributed by atoms with Crippen LogP contribution >= 0.6 is 0 Å². The third kappa shape index (κ3) is 9.38. The summed E-state index contributed by atoms with van der Waals surface area (Å²) in [5.41, 5.74) is 5.04. The number of aliphatic carboxylic acids is 1. The standard InChI is InChI=1S/C22H23NO3.C21H21NO3.Li.H2O/c1-14(24)15-8-9-17-13-23-20(12-18(17)10-15)16-6-5-7-19(11-16)22(2,3)21(25)26-4;1-13(23)14-7-8-16-12-22-19(11-17(16)9-14)15-5-4-6-18(10-15)21(2,3)20(24)25;;/h5-14,24H,1-4H3;4-13,23H,1-3H3,(H,24,25);;1H2/q;;+1;/p-1/t14-;13-;;/m11../s1. The van der Waals surface area contributed by atoms with Gasteiger partial charge in [0.2, 0.25) is 0 Å². The Bertz CT molecular complexity index is 2230. The summed E-state index contributed by atoms with van der Waals surface area (Å²) in [6.07, 6.45) is 2.58. The zero-order valence-electron chi connectivity index (χ0n) is 31.5. The van der Waals surface area contributed by atoms with E-state index in [-0.39, 0.29) is 30.3 Å². The summed E-state index contributed by atoms with van der Waals surface area (Å²) < 4.78 is 4.93. The van der Waals surface area contributed by atoms with Gasteiger partial charge in [0.1, 0.15) is 0 Å². The molecule has 6 rings (SSSR count). The summed E-state index contributed by atoms with van der Waals surface area (Å²) in [5.74, 6) is -1.14. The second-order valence-electron chi connectivity index (χ2n) is 13.9. The Balaban J connectivity index is 0.000000275. The molecule has 0 saturated heterocycles. The van der Waals surface area contributed by atoms with Gasteiger partial charge in [-0.3, -0.25) is 19.6 Å². The molecule has 2 aromatic heterocycles. The first-order chi connectivity index (χ1) is 24.1. The van der Waals surface area contributed by atoms with Gasteiger partial charge in [-0.15, -0.1) is 0 Å². The average molecular weight is 709 g/mol. The van der Waals surface area contributed by atoms with Gasteiger partial charge in [0, 0.05) is 34.3 Å². The maximum Gasteiger partial charge on any atom is 1.00 e. The first kappa shape index (κ1) is 42.5. The second kappa shape index (κ2) is 17.3. The molecule has 10 heteroatoms. The van der Waals surface area contributed by atoms with Crippen LogP contribution in [0.25, 0.3) is 44.1 Å². The van der Waals surface area contributed by atoms with Crippen molar-refractivity contribution in [3.05, 3.63) is 132 Å². The number of benzene rings is 4. The van der Waals surface area contributed by atoms with E-state index in [1.807, 2.05) is 117 Å². The minimum absolute atomic E-state index is 0. The number of pyridine rings is 2. The SMILES string of the molecule is COC(=O)C(C)(C)c1cccc(-c2cc3cc([C@@H](C)O)ccc3cn2)c1.C[C@@H](O)c1ccc2cnc(-c3cccc(C(C)(C)C(=O)O)c3)cc2c1.[Li+].[OH-]. The summed E-state index contributed by atoms with van der Waals surface area (Å²) in [5, 5.41) is 33.1. The molecule has 0 spiro atoms. The van der Waals surface area contributed by atoms with Crippen molar-refractivity contribution in [1.82, 2.24) is 9.97 Å². The van der Waals surface area contributed by atoms with Gasteiger partial charge in [-0.05, 0) is 111 Å². The fraction of sp³-hybridized carbons (Fsp3) is 0.256. The van der Waals surface area contributed by atoms with Crippen LogP contribution in [0.1, 0.15) is 76.0 Å². The number of hydrogen-bond acceptors (Lipinski definition) is 8. The van der Waals surface area contributed by atoms with Crippen molar-refractivity contribution in [3.8, 4) is 22.5 Å². The van der Waals surface area contributed by atoms with E-state index in [2.05, 4.69) is 9.97 Å². The van der Waals surface area contributed by atoms with Gasteiger partial charge in [-0.1, -0.05) is 60.7 Å². The van der Waals surface area contributed by atoms with Crippen LogP contribution in [-0.4, -0.2) is 49.8 Å². The molecule has 0 aliphatic rings. The summed E-state index contributed by atoms with van der Waals surface area (Å²) in [6, 6.07) is 30.9.